The highest BCUT2D eigenvalue weighted by atomic mass is 16.6. The van der Waals surface area contributed by atoms with Crippen LogP contribution >= 0.6 is 0 Å². The summed E-state index contributed by atoms with van der Waals surface area (Å²) in [7, 11) is 1.33. The number of aliphatic hydroxyl groups excluding tert-OH is 2. The number of aliphatic hydroxyl groups is 2. The zero-order valence-corrected chi connectivity index (χ0v) is 53.6. The van der Waals surface area contributed by atoms with Gasteiger partial charge in [-0.2, -0.15) is 0 Å². The molecule has 1 aliphatic rings. The van der Waals surface area contributed by atoms with Gasteiger partial charge in [-0.05, 0) is 52.7 Å². The van der Waals surface area contributed by atoms with Gasteiger partial charge < -0.3 is 114 Å². The minimum atomic E-state index is -0.844. The molecule has 0 fully saturated rings. The molecule has 0 bridgehead atoms. The largest absolute Gasteiger partial charge is 0.488 e. The maximum atomic E-state index is 12.8. The Hall–Kier alpha value is -3.07. The molecule has 2 N–H and O–H groups in total. The summed E-state index contributed by atoms with van der Waals surface area (Å²) in [5.41, 5.74) is 0.588. The number of methoxy groups -OCH3 is 1. The van der Waals surface area contributed by atoms with E-state index in [-0.39, 0.29) is 45.1 Å². The topological polar surface area (TPSA) is 261 Å². The molecule has 0 saturated carbocycles. The number of allylic oxidation sites excluding steroid dienone is 1. The molecule has 0 saturated heterocycles. The first-order chi connectivity index (χ1) is 42.3. The van der Waals surface area contributed by atoms with Crippen LogP contribution in [0.25, 0.3) is 0 Å². The number of benzene rings is 1. The Balaban J connectivity index is 1.46. The first kappa shape index (κ1) is 80.0. The van der Waals surface area contributed by atoms with Crippen LogP contribution in [0.15, 0.2) is 53.5 Å². The lowest BCUT2D eigenvalue weighted by atomic mass is 9.99. The quantitative estimate of drug-likeness (QED) is 0.0493. The van der Waals surface area contributed by atoms with E-state index in [1.807, 2.05) is 71.9 Å². The number of hydrogen-bond acceptors (Lipinski definition) is 25. The second-order valence-electron chi connectivity index (χ2n) is 20.8. The summed E-state index contributed by atoms with van der Waals surface area (Å²) in [5, 5.41) is 19.7. The van der Waals surface area contributed by atoms with Gasteiger partial charge in [0.05, 0.1) is 236 Å². The Morgan fingerprint density at radius 1 is 0.448 bits per heavy atom. The normalized spacial score (nSPS) is 14.6. The Kier molecular flexibility index (Phi) is 51.3. The van der Waals surface area contributed by atoms with Gasteiger partial charge in [0, 0.05) is 24.8 Å². The fourth-order valence-corrected chi connectivity index (χ4v) is 7.25. The number of esters is 1. The molecule has 3 unspecified atom stereocenters. The standard InChI is InChI=1S/C62H110O25/c1-8-62(5,6)87-58(64)15-17-68-19-21-70-23-25-72-27-29-74-31-33-76-35-37-78-39-41-80-43-45-82-47-49-84-56-51-54(60(65)66-7)50-55(59(56)85-52-53-12-10-9-11-13-53)83-48-46-81-44-42-79-40-38-77-36-34-75-32-30-73-28-26-71-24-22-69-20-18-67-16-14-57(63)86-61(2,3)4/h9-13,50,56-58,63-64H,8,14-49,51-52H2,1-7H3. The summed E-state index contributed by atoms with van der Waals surface area (Å²) in [5.74, 6) is 0.323. The van der Waals surface area contributed by atoms with Crippen LogP contribution in [-0.4, -0.2) is 278 Å². The van der Waals surface area contributed by atoms with Gasteiger partial charge in [0.1, 0.15) is 19.3 Å². The first-order valence-corrected chi connectivity index (χ1v) is 30.7. The van der Waals surface area contributed by atoms with Gasteiger partial charge in [-0.15, -0.1) is 0 Å². The van der Waals surface area contributed by atoms with Gasteiger partial charge in [0.25, 0.3) is 0 Å². The molecule has 0 spiro atoms. The molecule has 0 amide bonds. The second kappa shape index (κ2) is 55.7. The molecule has 0 radical (unpaired) electrons. The van der Waals surface area contributed by atoms with E-state index < -0.39 is 30.3 Å². The third-order valence-electron chi connectivity index (χ3n) is 12.0. The van der Waals surface area contributed by atoms with E-state index in [9.17, 15) is 15.0 Å². The van der Waals surface area contributed by atoms with E-state index in [0.29, 0.717) is 228 Å². The highest BCUT2D eigenvalue weighted by Crippen LogP contribution is 2.30. The Morgan fingerprint density at radius 3 is 1.10 bits per heavy atom. The van der Waals surface area contributed by atoms with E-state index in [1.54, 1.807) is 6.08 Å². The summed E-state index contributed by atoms with van der Waals surface area (Å²) >= 11 is 0. The molecule has 2 rings (SSSR count). The maximum absolute atomic E-state index is 12.8. The smallest absolute Gasteiger partial charge is 0.333 e. The van der Waals surface area contributed by atoms with Crippen molar-refractivity contribution >= 4 is 5.97 Å². The average Bonchev–Trinajstić information content (AvgIpc) is 1.78. The van der Waals surface area contributed by atoms with Crippen molar-refractivity contribution in [3.63, 3.8) is 0 Å². The van der Waals surface area contributed by atoms with Gasteiger partial charge in [0.15, 0.2) is 24.1 Å². The first-order valence-electron chi connectivity index (χ1n) is 30.7. The zero-order valence-electron chi connectivity index (χ0n) is 53.6. The molecular weight excluding hydrogens is 1140 g/mol. The van der Waals surface area contributed by atoms with Crippen LogP contribution in [0.3, 0.4) is 0 Å². The molecule has 1 aromatic carbocycles. The fraction of sp³-hybridized carbons (Fsp3) is 0.823. The van der Waals surface area contributed by atoms with Crippen molar-refractivity contribution in [1.29, 1.82) is 0 Å². The molecule has 25 heteroatoms. The van der Waals surface area contributed by atoms with Crippen molar-refractivity contribution in [2.75, 3.05) is 232 Å². The Labute approximate surface area is 518 Å². The number of carbonyl (C=O) groups excluding carboxylic acids is 1. The van der Waals surface area contributed by atoms with E-state index in [0.717, 1.165) is 12.0 Å². The second-order valence-corrected chi connectivity index (χ2v) is 20.8. The molecule has 0 aliphatic heterocycles. The van der Waals surface area contributed by atoms with Crippen molar-refractivity contribution in [3.05, 3.63) is 59.1 Å². The molecule has 1 aliphatic carbocycles. The van der Waals surface area contributed by atoms with E-state index >= 15 is 0 Å². The third kappa shape index (κ3) is 49.3. The predicted octanol–water partition coefficient (Wildman–Crippen LogP) is 5.02. The summed E-state index contributed by atoms with van der Waals surface area (Å²) in [4.78, 5) is 12.8. The molecule has 508 valence electrons. The molecule has 1 aromatic rings. The van der Waals surface area contributed by atoms with Gasteiger partial charge in [-0.3, -0.25) is 0 Å². The summed E-state index contributed by atoms with van der Waals surface area (Å²) in [6.45, 7) is 25.7. The van der Waals surface area contributed by atoms with Crippen LogP contribution in [0.4, 0.5) is 0 Å². The zero-order chi connectivity index (χ0) is 63.0. The molecule has 3 atom stereocenters. The lowest BCUT2D eigenvalue weighted by molar-refractivity contribution is -0.181. The Morgan fingerprint density at radius 2 is 0.770 bits per heavy atom. The van der Waals surface area contributed by atoms with Crippen LogP contribution < -0.4 is 0 Å². The molecule has 25 nitrogen and oxygen atoms in total. The third-order valence-corrected chi connectivity index (χ3v) is 12.0. The number of carbonyl (C=O) groups is 1. The highest BCUT2D eigenvalue weighted by molar-refractivity contribution is 5.89. The van der Waals surface area contributed by atoms with Crippen molar-refractivity contribution in [1.82, 2.24) is 0 Å². The van der Waals surface area contributed by atoms with E-state index in [4.69, 9.17) is 104 Å². The monoisotopic (exact) mass is 1250 g/mol. The SMILES string of the molecule is CCC(C)(C)OC(O)CCOCCOCCOCCOCCOCCOCCOCCOCCOC1CC(C(=O)OC)=CC(OCCOCCOCCOCCOCCOCCOCCOCCOCCC(O)OC(C)(C)C)=C1OCc1ccccc1. The minimum absolute atomic E-state index is 0.181. The maximum Gasteiger partial charge on any atom is 0.333 e. The number of ether oxygens (including phenoxy) is 22. The molecular formula is C62H110O25. The predicted molar refractivity (Wildman–Crippen MR) is 319 cm³/mol. The van der Waals surface area contributed by atoms with Gasteiger partial charge in [0.2, 0.25) is 0 Å². The van der Waals surface area contributed by atoms with Crippen LogP contribution in [0.1, 0.15) is 72.8 Å². The highest BCUT2D eigenvalue weighted by Gasteiger charge is 2.31. The van der Waals surface area contributed by atoms with Crippen molar-refractivity contribution in [2.45, 2.75) is 104 Å². The van der Waals surface area contributed by atoms with E-state index in [1.165, 1.54) is 7.11 Å². The Bertz CT molecular complexity index is 1770. The molecule has 0 aromatic heterocycles. The van der Waals surface area contributed by atoms with Crippen molar-refractivity contribution < 1.29 is 119 Å². The summed E-state index contributed by atoms with van der Waals surface area (Å²) < 4.78 is 124. The van der Waals surface area contributed by atoms with Crippen LogP contribution in [0, 0.1) is 0 Å². The lowest BCUT2D eigenvalue weighted by Crippen LogP contribution is -2.30. The van der Waals surface area contributed by atoms with Gasteiger partial charge in [-0.25, -0.2) is 4.79 Å². The van der Waals surface area contributed by atoms with Crippen LogP contribution in [-0.2, 0) is 116 Å². The van der Waals surface area contributed by atoms with Crippen LogP contribution in [0.5, 0.6) is 0 Å². The van der Waals surface area contributed by atoms with E-state index in [2.05, 4.69) is 0 Å². The fourth-order valence-electron chi connectivity index (χ4n) is 7.25. The molecule has 0 heterocycles. The van der Waals surface area contributed by atoms with Gasteiger partial charge in [-0.1, -0.05) is 37.3 Å². The summed E-state index contributed by atoms with van der Waals surface area (Å²) in [6, 6.07) is 9.73. The number of hydrogen-bond donors (Lipinski definition) is 2. The van der Waals surface area contributed by atoms with Crippen molar-refractivity contribution in [2.24, 2.45) is 0 Å². The lowest BCUT2D eigenvalue weighted by Gasteiger charge is -2.28. The number of rotatable bonds is 64. The minimum Gasteiger partial charge on any atom is -0.488 e. The van der Waals surface area contributed by atoms with Gasteiger partial charge >= 0.3 is 5.97 Å². The van der Waals surface area contributed by atoms with Crippen LogP contribution in [0.2, 0.25) is 0 Å². The molecule has 87 heavy (non-hydrogen) atoms. The average molecular weight is 1260 g/mol. The summed E-state index contributed by atoms with van der Waals surface area (Å²) in [6.07, 6.45) is 1.17. The van der Waals surface area contributed by atoms with Crippen molar-refractivity contribution in [3.8, 4) is 0 Å².